The summed E-state index contributed by atoms with van der Waals surface area (Å²) in [6, 6.07) is 11.4. The number of likely N-dealkylation sites (tertiary alicyclic amines) is 1. The Morgan fingerprint density at radius 1 is 0.977 bits per heavy atom. The molecule has 0 saturated carbocycles. The lowest BCUT2D eigenvalue weighted by Gasteiger charge is -2.49. The van der Waals surface area contributed by atoms with Crippen molar-refractivity contribution in [1.29, 1.82) is 0 Å². The van der Waals surface area contributed by atoms with Gasteiger partial charge in [-0.1, -0.05) is 35.9 Å². The van der Waals surface area contributed by atoms with Crippen LogP contribution in [-0.4, -0.2) is 78.4 Å². The fourth-order valence-electron chi connectivity index (χ4n) is 7.26. The number of hydrogen-bond donors (Lipinski definition) is 2. The lowest BCUT2D eigenvalue weighted by molar-refractivity contribution is -0.115. The number of fused-ring (bicyclic) bond motifs is 1. The van der Waals surface area contributed by atoms with E-state index in [1.807, 2.05) is 5.32 Å². The van der Waals surface area contributed by atoms with Gasteiger partial charge in [0, 0.05) is 37.8 Å². The summed E-state index contributed by atoms with van der Waals surface area (Å²) in [6.45, 7) is 8.05. The molecular weight excluding hydrogens is 593 g/mol. The van der Waals surface area contributed by atoms with Crippen LogP contribution in [0.25, 0.3) is 0 Å². The molecule has 6 rings (SSSR count). The summed E-state index contributed by atoms with van der Waals surface area (Å²) in [6.07, 6.45) is 1.65. The molecule has 2 aromatic carbocycles. The van der Waals surface area contributed by atoms with Crippen LogP contribution in [0.2, 0.25) is 5.02 Å². The highest BCUT2D eigenvalue weighted by Crippen LogP contribution is 2.34. The number of hydrogen-bond acceptors (Lipinski definition) is 8. The van der Waals surface area contributed by atoms with Gasteiger partial charge >= 0.3 is 6.18 Å². The number of aromatic nitrogens is 1. The largest absolute Gasteiger partial charge is 0.405 e. The van der Waals surface area contributed by atoms with Crippen molar-refractivity contribution in [2.24, 2.45) is 5.92 Å². The number of nitrogens with one attached hydrogen (secondary N) is 2. The van der Waals surface area contributed by atoms with Gasteiger partial charge in [-0.05, 0) is 75.7 Å². The van der Waals surface area contributed by atoms with Gasteiger partial charge in [-0.2, -0.15) is 13.2 Å². The first-order valence-corrected chi connectivity index (χ1v) is 15.7. The van der Waals surface area contributed by atoms with Crippen molar-refractivity contribution in [3.05, 3.63) is 73.1 Å². The minimum Gasteiger partial charge on any atom is -0.371 e. The van der Waals surface area contributed by atoms with E-state index in [1.165, 1.54) is 36.7 Å². The van der Waals surface area contributed by atoms with Crippen LogP contribution in [0.4, 0.5) is 36.1 Å². The van der Waals surface area contributed by atoms with E-state index < -0.39 is 23.6 Å². The maximum atomic E-state index is 12.6. The summed E-state index contributed by atoms with van der Waals surface area (Å²) in [5.41, 5.74) is 0.862. The van der Waals surface area contributed by atoms with Crippen molar-refractivity contribution in [3.63, 3.8) is 0 Å². The van der Waals surface area contributed by atoms with Gasteiger partial charge in [-0.25, -0.2) is 4.98 Å². The minimum atomic E-state index is -4.53. The van der Waals surface area contributed by atoms with E-state index in [0.717, 1.165) is 39.0 Å². The first-order valence-electron chi connectivity index (χ1n) is 15.3. The van der Waals surface area contributed by atoms with Crippen molar-refractivity contribution >= 4 is 34.5 Å². The second kappa shape index (κ2) is 12.3. The van der Waals surface area contributed by atoms with E-state index in [4.69, 9.17) is 11.6 Å². The number of pyridine rings is 1. The summed E-state index contributed by atoms with van der Waals surface area (Å²) < 4.78 is 37.8. The maximum Gasteiger partial charge on any atom is 0.405 e. The summed E-state index contributed by atoms with van der Waals surface area (Å²) in [7, 11) is 0. The molecule has 236 valence electrons. The molecule has 2 aliphatic heterocycles. The molecule has 0 unspecified atom stereocenters. The molecule has 2 N–H and O–H groups in total. The van der Waals surface area contributed by atoms with Crippen LogP contribution in [0, 0.1) is 5.92 Å². The zero-order chi connectivity index (χ0) is 31.2. The molecular formula is C32H38ClF3N6O2. The van der Waals surface area contributed by atoms with Crippen LogP contribution < -0.4 is 26.4 Å². The quantitative estimate of drug-likeness (QED) is 0.343. The molecule has 12 heteroatoms. The van der Waals surface area contributed by atoms with Crippen LogP contribution in [-0.2, 0) is 12.8 Å². The van der Waals surface area contributed by atoms with Gasteiger partial charge in [0.25, 0.3) is 10.9 Å². The minimum absolute atomic E-state index is 0.164. The number of anilines is 4. The Morgan fingerprint density at radius 3 is 2.27 bits per heavy atom. The Hall–Kier alpha value is -3.15. The monoisotopic (exact) mass is 630 g/mol. The van der Waals surface area contributed by atoms with E-state index >= 15 is 0 Å². The molecule has 2 fully saturated rings. The second-order valence-electron chi connectivity index (χ2n) is 12.7. The lowest BCUT2D eigenvalue weighted by atomic mass is 9.96. The Bertz CT molecular complexity index is 1540. The maximum absolute atomic E-state index is 12.6. The van der Waals surface area contributed by atoms with Crippen molar-refractivity contribution in [1.82, 2.24) is 14.8 Å². The highest BCUT2D eigenvalue weighted by atomic mass is 35.5. The Kier molecular flexibility index (Phi) is 8.65. The standard InChI is InChI=1S/C32H38ClF3N6O2/c1-19-16-42(31-26(33)13-24(14-37-31)39-28-27(29(43)30(28)44)38-18-32(34,35)36)20(2)15-41(19)25-7-9-40(10-8-25)17-21-11-22-5-3-4-6-23(22)12-21/h3-6,13-14,19-21,25,38-39H,7-12,15-18H2,1-2H3/t19-,20+/m1/s1. The average molecular weight is 631 g/mol. The van der Waals surface area contributed by atoms with Gasteiger partial charge in [-0.3, -0.25) is 14.5 Å². The Labute approximate surface area is 259 Å². The number of halogens is 4. The number of rotatable bonds is 8. The fraction of sp³-hybridized carbons (Fsp3) is 0.531. The van der Waals surface area contributed by atoms with E-state index in [1.54, 1.807) is 6.07 Å². The normalized spacial score (nSPS) is 22.5. The second-order valence-corrected chi connectivity index (χ2v) is 13.1. The summed E-state index contributed by atoms with van der Waals surface area (Å²) in [4.78, 5) is 35.8. The highest BCUT2D eigenvalue weighted by molar-refractivity contribution is 6.33. The zero-order valence-electron chi connectivity index (χ0n) is 25.0. The van der Waals surface area contributed by atoms with Gasteiger partial charge in [0.2, 0.25) is 0 Å². The Balaban J connectivity index is 1.03. The van der Waals surface area contributed by atoms with Crippen molar-refractivity contribution in [2.45, 2.75) is 63.8 Å². The molecule has 0 amide bonds. The summed E-state index contributed by atoms with van der Waals surface area (Å²) in [5, 5.41) is 5.08. The first kappa shape index (κ1) is 30.9. The highest BCUT2D eigenvalue weighted by Gasteiger charge is 2.37. The van der Waals surface area contributed by atoms with E-state index in [-0.39, 0.29) is 17.4 Å². The molecule has 3 aliphatic rings. The van der Waals surface area contributed by atoms with E-state index in [0.29, 0.717) is 34.5 Å². The molecule has 44 heavy (non-hydrogen) atoms. The number of alkyl halides is 3. The lowest BCUT2D eigenvalue weighted by Crippen LogP contribution is -2.61. The van der Waals surface area contributed by atoms with Gasteiger partial charge < -0.3 is 20.4 Å². The average Bonchev–Trinajstić information content (AvgIpc) is 3.40. The third-order valence-electron chi connectivity index (χ3n) is 9.45. The SMILES string of the molecule is C[C@@H]1CN(c2ncc(Nc3c(NCC(F)(F)F)c(=O)c3=O)cc2Cl)[C@@H](C)CN1C1CCN(CC2Cc3ccccc3C2)CC1. The molecule has 3 heterocycles. The van der Waals surface area contributed by atoms with Crippen molar-refractivity contribution < 1.29 is 13.2 Å². The zero-order valence-corrected chi connectivity index (χ0v) is 25.7. The molecule has 2 atom stereocenters. The van der Waals surface area contributed by atoms with Gasteiger partial charge in [0.05, 0.1) is 16.9 Å². The van der Waals surface area contributed by atoms with E-state index in [9.17, 15) is 22.8 Å². The number of piperazine rings is 1. The van der Waals surface area contributed by atoms with Crippen LogP contribution in [0.15, 0.2) is 46.1 Å². The predicted molar refractivity (Wildman–Crippen MR) is 168 cm³/mol. The molecule has 0 bridgehead atoms. The molecule has 1 aliphatic carbocycles. The van der Waals surface area contributed by atoms with Crippen molar-refractivity contribution in [2.75, 3.05) is 54.8 Å². The number of benzene rings is 1. The van der Waals surface area contributed by atoms with Gasteiger partial charge in [0.1, 0.15) is 23.7 Å². The molecule has 3 aromatic rings. The van der Waals surface area contributed by atoms with E-state index in [2.05, 4.69) is 63.1 Å². The summed E-state index contributed by atoms with van der Waals surface area (Å²) >= 11 is 6.65. The van der Waals surface area contributed by atoms with Crippen molar-refractivity contribution in [3.8, 4) is 0 Å². The number of nitrogens with zero attached hydrogens (tertiary/aromatic N) is 4. The topological polar surface area (TPSA) is 80.8 Å². The third-order valence-corrected chi connectivity index (χ3v) is 9.73. The number of piperidine rings is 1. The molecule has 1 aromatic heterocycles. The van der Waals surface area contributed by atoms with Crippen LogP contribution >= 0.6 is 11.6 Å². The van der Waals surface area contributed by atoms with Gasteiger partial charge in [-0.15, -0.1) is 0 Å². The summed E-state index contributed by atoms with van der Waals surface area (Å²) in [5.74, 6) is 1.33. The third kappa shape index (κ3) is 6.46. The molecule has 2 saturated heterocycles. The fourth-order valence-corrected chi connectivity index (χ4v) is 7.53. The van der Waals surface area contributed by atoms with Crippen LogP contribution in [0.5, 0.6) is 0 Å². The first-order chi connectivity index (χ1) is 21.0. The smallest absolute Gasteiger partial charge is 0.371 e. The van der Waals surface area contributed by atoms with Gasteiger partial charge in [0.15, 0.2) is 0 Å². The molecule has 0 radical (unpaired) electrons. The Morgan fingerprint density at radius 2 is 1.64 bits per heavy atom. The molecule has 0 spiro atoms. The predicted octanol–water partition coefficient (Wildman–Crippen LogP) is 4.83. The van der Waals surface area contributed by atoms with Crippen LogP contribution in [0.3, 0.4) is 0 Å². The van der Waals surface area contributed by atoms with Crippen LogP contribution in [0.1, 0.15) is 37.8 Å². The molecule has 8 nitrogen and oxygen atoms in total.